The van der Waals surface area contributed by atoms with Gasteiger partial charge >= 0.3 is 0 Å². The Morgan fingerprint density at radius 2 is 2.00 bits per heavy atom. The minimum Gasteiger partial charge on any atom is -0.410 e. The number of hydrogen-bond acceptors (Lipinski definition) is 5. The van der Waals surface area contributed by atoms with Gasteiger partial charge in [0.05, 0.1) is 0 Å². The van der Waals surface area contributed by atoms with Crippen molar-refractivity contribution >= 4 is 11.6 Å². The van der Waals surface area contributed by atoms with Crippen molar-refractivity contribution in [3.05, 3.63) is 30.6 Å². The van der Waals surface area contributed by atoms with E-state index in [0.29, 0.717) is 0 Å². The summed E-state index contributed by atoms with van der Waals surface area (Å²) in [6.07, 6.45) is 3.50. The second kappa shape index (κ2) is 7.24. The van der Waals surface area contributed by atoms with E-state index in [2.05, 4.69) is 15.9 Å². The summed E-state index contributed by atoms with van der Waals surface area (Å²) >= 11 is 0. The topological polar surface area (TPSA) is 112 Å². The number of nitriles is 1. The number of amides is 1. The van der Waals surface area contributed by atoms with E-state index in [4.69, 9.17) is 10.5 Å². The molecule has 72 valence electrons. The van der Waals surface area contributed by atoms with Crippen LogP contribution in [-0.4, -0.2) is 21.8 Å². The third-order valence-corrected chi connectivity index (χ3v) is 1.01. The number of nitrogens with zero attached hydrogens (tertiary/aromatic N) is 3. The molecule has 0 bridgehead atoms. The molecule has 0 aromatic carbocycles. The molecular weight excluding hydrogens is 184 g/mol. The number of carbonyl (C=O) groups excluding carboxylic acids is 1. The summed E-state index contributed by atoms with van der Waals surface area (Å²) in [5, 5.41) is 17.9. The molecule has 0 radical (unpaired) electrons. The third-order valence-electron chi connectivity index (χ3n) is 1.01. The van der Waals surface area contributed by atoms with Gasteiger partial charge in [0.25, 0.3) is 5.91 Å². The molecule has 0 saturated carbocycles. The number of hydrogen-bond donors (Lipinski definition) is 2. The van der Waals surface area contributed by atoms with Crippen LogP contribution in [-0.2, 0) is 4.79 Å². The van der Waals surface area contributed by atoms with Gasteiger partial charge in [-0.15, -0.1) is 0 Å². The van der Waals surface area contributed by atoms with Crippen LogP contribution in [0.2, 0.25) is 0 Å². The van der Waals surface area contributed by atoms with Gasteiger partial charge in [-0.25, -0.2) is 0 Å². The van der Waals surface area contributed by atoms with Crippen LogP contribution in [0.15, 0.2) is 35.7 Å². The second-order valence-corrected chi connectivity index (χ2v) is 1.95. The summed E-state index contributed by atoms with van der Waals surface area (Å²) in [5.74, 6) is -1.03. The zero-order chi connectivity index (χ0) is 10.8. The van der Waals surface area contributed by atoms with Gasteiger partial charge in [-0.2, -0.15) is 5.26 Å². The lowest BCUT2D eigenvalue weighted by atomic mass is 10.4. The van der Waals surface area contributed by atoms with E-state index in [-0.39, 0.29) is 0 Å². The Hall–Kier alpha value is -2.42. The van der Waals surface area contributed by atoms with Crippen molar-refractivity contribution in [1.82, 2.24) is 4.98 Å². The average Bonchev–Trinajstić information content (AvgIpc) is 2.22. The molecule has 0 spiro atoms. The standard InChI is InChI=1S/C5H5N.C3H3N3O2/c1-2-4-6-5-3-1;4-1-2(6-8)3(5)7/h1-5H;8H,(H2,5,7). The Balaban J connectivity index is 0.000000249. The maximum absolute atomic E-state index is 9.87. The summed E-state index contributed by atoms with van der Waals surface area (Å²) in [6, 6.07) is 6.99. The molecule has 1 aromatic rings. The molecule has 0 atom stereocenters. The maximum atomic E-state index is 9.87. The van der Waals surface area contributed by atoms with Crippen LogP contribution < -0.4 is 5.73 Å². The molecule has 14 heavy (non-hydrogen) atoms. The summed E-state index contributed by atoms with van der Waals surface area (Å²) in [7, 11) is 0. The number of oxime groups is 1. The van der Waals surface area contributed by atoms with Gasteiger partial charge in [0.15, 0.2) is 0 Å². The summed E-state index contributed by atoms with van der Waals surface area (Å²) in [6.45, 7) is 0. The lowest BCUT2D eigenvalue weighted by Crippen LogP contribution is -2.21. The lowest BCUT2D eigenvalue weighted by Gasteiger charge is -1.79. The van der Waals surface area contributed by atoms with Gasteiger partial charge in [0, 0.05) is 12.4 Å². The Morgan fingerprint density at radius 1 is 1.43 bits per heavy atom. The Labute approximate surface area is 80.3 Å². The quantitative estimate of drug-likeness (QED) is 0.367. The van der Waals surface area contributed by atoms with E-state index in [0.717, 1.165) is 0 Å². The van der Waals surface area contributed by atoms with Gasteiger partial charge in [-0.05, 0) is 12.1 Å². The molecule has 3 N–H and O–H groups in total. The number of primary amides is 1. The highest BCUT2D eigenvalue weighted by atomic mass is 16.4. The Morgan fingerprint density at radius 3 is 2.07 bits per heavy atom. The van der Waals surface area contributed by atoms with Gasteiger partial charge in [0.1, 0.15) is 6.07 Å². The molecule has 0 fully saturated rings. The SMILES string of the molecule is N#CC(=NO)C(N)=O.c1ccncc1. The molecule has 1 heterocycles. The zero-order valence-corrected chi connectivity index (χ0v) is 7.16. The average molecular weight is 192 g/mol. The fraction of sp³-hybridized carbons (Fsp3) is 0. The molecule has 1 aromatic heterocycles. The molecule has 0 unspecified atom stereocenters. The molecule has 0 aliphatic heterocycles. The zero-order valence-electron chi connectivity index (χ0n) is 7.16. The van der Waals surface area contributed by atoms with Crippen LogP contribution in [0, 0.1) is 11.3 Å². The second-order valence-electron chi connectivity index (χ2n) is 1.95. The Kier molecular flexibility index (Phi) is 5.99. The molecule has 0 aliphatic carbocycles. The van der Waals surface area contributed by atoms with Crippen LogP contribution in [0.1, 0.15) is 0 Å². The molecule has 0 aliphatic rings. The molecule has 6 nitrogen and oxygen atoms in total. The largest absolute Gasteiger partial charge is 0.410 e. The first-order valence-corrected chi connectivity index (χ1v) is 3.49. The van der Waals surface area contributed by atoms with E-state index in [1.165, 1.54) is 6.07 Å². The first-order chi connectivity index (χ1) is 6.72. The summed E-state index contributed by atoms with van der Waals surface area (Å²) in [5.41, 5.74) is 3.82. The van der Waals surface area contributed by atoms with Gasteiger partial charge in [-0.3, -0.25) is 9.78 Å². The van der Waals surface area contributed by atoms with Crippen molar-refractivity contribution in [3.8, 4) is 6.07 Å². The molecule has 1 amide bonds. The van der Waals surface area contributed by atoms with E-state index < -0.39 is 11.6 Å². The number of nitrogens with two attached hydrogens (primary N) is 1. The van der Waals surface area contributed by atoms with Crippen LogP contribution in [0.25, 0.3) is 0 Å². The number of carbonyl (C=O) groups is 1. The van der Waals surface area contributed by atoms with Crippen molar-refractivity contribution in [1.29, 1.82) is 5.26 Å². The fourth-order valence-corrected chi connectivity index (χ4v) is 0.439. The van der Waals surface area contributed by atoms with E-state index in [1.807, 2.05) is 18.2 Å². The van der Waals surface area contributed by atoms with Crippen LogP contribution in [0.5, 0.6) is 0 Å². The molecule has 0 saturated heterocycles. The van der Waals surface area contributed by atoms with Gasteiger partial charge < -0.3 is 10.9 Å². The van der Waals surface area contributed by atoms with Crippen molar-refractivity contribution in [2.75, 3.05) is 0 Å². The monoisotopic (exact) mass is 192 g/mol. The predicted molar refractivity (Wildman–Crippen MR) is 48.3 cm³/mol. The van der Waals surface area contributed by atoms with Crippen LogP contribution in [0.4, 0.5) is 0 Å². The normalized spacial score (nSPS) is 9.21. The first kappa shape index (κ1) is 11.6. The van der Waals surface area contributed by atoms with Crippen molar-refractivity contribution in [2.24, 2.45) is 10.9 Å². The number of rotatable bonds is 1. The number of pyridine rings is 1. The van der Waals surface area contributed by atoms with E-state index in [9.17, 15) is 4.79 Å². The third kappa shape index (κ3) is 5.26. The van der Waals surface area contributed by atoms with Crippen molar-refractivity contribution in [2.45, 2.75) is 0 Å². The Bertz CT molecular complexity index is 315. The van der Waals surface area contributed by atoms with Crippen LogP contribution >= 0.6 is 0 Å². The molecule has 1 rings (SSSR count). The maximum Gasteiger partial charge on any atom is 0.281 e. The van der Waals surface area contributed by atoms with Gasteiger partial charge in [-0.1, -0.05) is 11.2 Å². The van der Waals surface area contributed by atoms with E-state index >= 15 is 0 Å². The highest BCUT2D eigenvalue weighted by molar-refractivity contribution is 6.44. The van der Waals surface area contributed by atoms with Gasteiger partial charge in [0.2, 0.25) is 5.71 Å². The number of aromatic nitrogens is 1. The smallest absolute Gasteiger partial charge is 0.281 e. The fourth-order valence-electron chi connectivity index (χ4n) is 0.439. The minimum absolute atomic E-state index is 0.690. The molecule has 6 heteroatoms. The predicted octanol–water partition coefficient (Wildman–Crippen LogP) is -0.0929. The van der Waals surface area contributed by atoms with Crippen LogP contribution in [0.3, 0.4) is 0 Å². The van der Waals surface area contributed by atoms with Crippen molar-refractivity contribution in [3.63, 3.8) is 0 Å². The first-order valence-electron chi connectivity index (χ1n) is 3.49. The lowest BCUT2D eigenvalue weighted by molar-refractivity contribution is -0.112. The van der Waals surface area contributed by atoms with Crippen molar-refractivity contribution < 1.29 is 10.0 Å². The van der Waals surface area contributed by atoms with E-state index in [1.54, 1.807) is 12.4 Å². The molecular formula is C8H8N4O2. The highest BCUT2D eigenvalue weighted by Gasteiger charge is 2.02. The highest BCUT2D eigenvalue weighted by Crippen LogP contribution is 1.73. The summed E-state index contributed by atoms with van der Waals surface area (Å²) < 4.78 is 0. The summed E-state index contributed by atoms with van der Waals surface area (Å²) in [4.78, 5) is 13.7. The minimum atomic E-state index is -1.03.